The molecule has 4 rings (SSSR count). The molecule has 0 radical (unpaired) electrons. The van der Waals surface area contributed by atoms with Crippen molar-refractivity contribution in [3.63, 3.8) is 0 Å². The van der Waals surface area contributed by atoms with E-state index in [4.69, 9.17) is 16.3 Å². The van der Waals surface area contributed by atoms with Crippen LogP contribution in [0.1, 0.15) is 17.8 Å². The summed E-state index contributed by atoms with van der Waals surface area (Å²) in [5.74, 6) is 0.391. The van der Waals surface area contributed by atoms with Gasteiger partial charge in [-0.15, -0.1) is 0 Å². The van der Waals surface area contributed by atoms with Crippen LogP contribution in [0.2, 0.25) is 0 Å². The van der Waals surface area contributed by atoms with Crippen LogP contribution in [0.25, 0.3) is 11.1 Å². The third kappa shape index (κ3) is 3.97. The second kappa shape index (κ2) is 8.57. The number of carbonyl (C=O) groups is 1. The number of dihydropyridines is 1. The molecule has 2 aromatic rings. The van der Waals surface area contributed by atoms with Crippen LogP contribution < -0.4 is 4.74 Å². The number of aliphatic hydroxyl groups excluding tert-OH is 1. The Morgan fingerprint density at radius 3 is 3.00 bits per heavy atom. The SMILES string of the molecule is Cc1nn(CCO)c(C)c1-c1ccnc(O[C@@H]2CCN(C3=C(Cl)C(=O)CN=C3)C2)c1. The molecule has 1 fully saturated rings. The van der Waals surface area contributed by atoms with Crippen LogP contribution in [-0.2, 0) is 11.3 Å². The third-order valence-corrected chi connectivity index (χ3v) is 5.81. The fourth-order valence-electron chi connectivity index (χ4n) is 3.97. The Kier molecular flexibility index (Phi) is 5.87. The van der Waals surface area contributed by atoms with E-state index < -0.39 is 0 Å². The Labute approximate surface area is 179 Å². The Bertz CT molecular complexity index is 1030. The molecule has 0 aromatic carbocycles. The summed E-state index contributed by atoms with van der Waals surface area (Å²) in [4.78, 5) is 22.3. The van der Waals surface area contributed by atoms with Gasteiger partial charge in [-0.3, -0.25) is 14.5 Å². The van der Waals surface area contributed by atoms with E-state index in [-0.39, 0.29) is 30.1 Å². The molecule has 0 aliphatic carbocycles. The Hall–Kier alpha value is -2.71. The minimum atomic E-state index is -0.152. The summed E-state index contributed by atoms with van der Waals surface area (Å²) in [6.45, 7) is 5.91. The van der Waals surface area contributed by atoms with Crippen molar-refractivity contribution in [1.29, 1.82) is 0 Å². The highest BCUT2D eigenvalue weighted by molar-refractivity contribution is 6.44. The van der Waals surface area contributed by atoms with Gasteiger partial charge in [-0.25, -0.2) is 4.98 Å². The number of hydrogen-bond donors (Lipinski definition) is 1. The molecule has 2 aliphatic heterocycles. The molecule has 0 unspecified atom stereocenters. The molecule has 0 bridgehead atoms. The van der Waals surface area contributed by atoms with E-state index >= 15 is 0 Å². The molecule has 0 spiro atoms. The van der Waals surface area contributed by atoms with Crippen LogP contribution in [-0.4, -0.2) is 69.1 Å². The van der Waals surface area contributed by atoms with Crippen LogP contribution in [0.3, 0.4) is 0 Å². The summed E-state index contributed by atoms with van der Waals surface area (Å²) < 4.78 is 7.95. The van der Waals surface area contributed by atoms with E-state index in [0.29, 0.717) is 24.7 Å². The van der Waals surface area contributed by atoms with E-state index in [1.54, 1.807) is 12.4 Å². The first-order valence-electron chi connectivity index (χ1n) is 9.93. The van der Waals surface area contributed by atoms with Crippen molar-refractivity contribution in [3.8, 4) is 17.0 Å². The number of ketones is 1. The zero-order valence-corrected chi connectivity index (χ0v) is 17.8. The number of rotatable bonds is 6. The standard InChI is InChI=1S/C21H24ClN5O3/c1-13-20(14(2)27(25-13)7-8-28)15-3-5-24-19(9-15)30-16-4-6-26(12-16)17-10-23-11-18(29)21(17)22/h3,5,9-10,16,28H,4,6-8,11-12H2,1-2H3/t16-/m1/s1. The van der Waals surface area contributed by atoms with Crippen LogP contribution >= 0.6 is 11.6 Å². The highest BCUT2D eigenvalue weighted by atomic mass is 35.5. The van der Waals surface area contributed by atoms with Crippen molar-refractivity contribution in [2.75, 3.05) is 26.2 Å². The average Bonchev–Trinajstić information content (AvgIpc) is 3.29. The minimum absolute atomic E-state index is 0.0427. The lowest BCUT2D eigenvalue weighted by Gasteiger charge is -2.22. The summed E-state index contributed by atoms with van der Waals surface area (Å²) in [6.07, 6.45) is 4.13. The summed E-state index contributed by atoms with van der Waals surface area (Å²) in [5, 5.41) is 14.0. The predicted octanol–water partition coefficient (Wildman–Crippen LogP) is 2.11. The van der Waals surface area contributed by atoms with Crippen LogP contribution in [0.15, 0.2) is 34.1 Å². The maximum Gasteiger partial charge on any atom is 0.214 e. The van der Waals surface area contributed by atoms with Gasteiger partial charge in [0, 0.05) is 42.7 Å². The van der Waals surface area contributed by atoms with Crippen molar-refractivity contribution >= 4 is 23.6 Å². The molecule has 0 saturated carbocycles. The van der Waals surface area contributed by atoms with Gasteiger partial charge in [-0.2, -0.15) is 5.10 Å². The van der Waals surface area contributed by atoms with Crippen molar-refractivity contribution in [3.05, 3.63) is 40.4 Å². The van der Waals surface area contributed by atoms with Gasteiger partial charge in [0.25, 0.3) is 0 Å². The van der Waals surface area contributed by atoms with Crippen molar-refractivity contribution in [1.82, 2.24) is 19.7 Å². The van der Waals surface area contributed by atoms with Gasteiger partial charge in [0.1, 0.15) is 17.7 Å². The summed E-state index contributed by atoms with van der Waals surface area (Å²) >= 11 is 6.18. The third-order valence-electron chi connectivity index (χ3n) is 5.41. The van der Waals surface area contributed by atoms with Crippen LogP contribution in [0.5, 0.6) is 5.88 Å². The zero-order valence-electron chi connectivity index (χ0n) is 17.0. The van der Waals surface area contributed by atoms with E-state index in [9.17, 15) is 9.90 Å². The Morgan fingerprint density at radius 2 is 2.20 bits per heavy atom. The summed E-state index contributed by atoms with van der Waals surface area (Å²) in [7, 11) is 0. The smallest absolute Gasteiger partial charge is 0.214 e. The number of Topliss-reactive ketones (excluding diaryl/α,β-unsaturated/α-hetero) is 1. The molecule has 4 heterocycles. The van der Waals surface area contributed by atoms with E-state index in [0.717, 1.165) is 35.5 Å². The summed E-state index contributed by atoms with van der Waals surface area (Å²) in [5.41, 5.74) is 4.56. The Morgan fingerprint density at radius 1 is 1.37 bits per heavy atom. The minimum Gasteiger partial charge on any atom is -0.472 e. The van der Waals surface area contributed by atoms with Gasteiger partial charge < -0.3 is 14.7 Å². The topological polar surface area (TPSA) is 92.8 Å². The van der Waals surface area contributed by atoms with Crippen LogP contribution in [0, 0.1) is 13.8 Å². The molecule has 8 nitrogen and oxygen atoms in total. The van der Waals surface area contributed by atoms with Gasteiger partial charge in [0.2, 0.25) is 5.88 Å². The number of hydrogen-bond acceptors (Lipinski definition) is 7. The van der Waals surface area contributed by atoms with Gasteiger partial charge in [-0.05, 0) is 25.5 Å². The quantitative estimate of drug-likeness (QED) is 0.756. The van der Waals surface area contributed by atoms with Gasteiger partial charge in [0.15, 0.2) is 5.78 Å². The maximum atomic E-state index is 11.8. The molecule has 30 heavy (non-hydrogen) atoms. The van der Waals surface area contributed by atoms with Gasteiger partial charge >= 0.3 is 0 Å². The number of allylic oxidation sites excluding steroid dienone is 1. The highest BCUT2D eigenvalue weighted by Gasteiger charge is 2.29. The van der Waals surface area contributed by atoms with Gasteiger partial charge in [0.05, 0.1) is 31.1 Å². The van der Waals surface area contributed by atoms with E-state index in [1.807, 2.05) is 35.6 Å². The van der Waals surface area contributed by atoms with Crippen molar-refractivity contribution in [2.24, 2.45) is 4.99 Å². The zero-order chi connectivity index (χ0) is 21.3. The number of nitrogens with zero attached hydrogens (tertiary/aromatic N) is 5. The van der Waals surface area contributed by atoms with Crippen molar-refractivity contribution < 1.29 is 14.6 Å². The molecular formula is C21H24ClN5O3. The first-order chi connectivity index (χ1) is 14.5. The molecule has 9 heteroatoms. The number of halogens is 1. The molecule has 0 amide bonds. The molecule has 2 aromatic heterocycles. The van der Waals surface area contributed by atoms with Crippen LogP contribution in [0.4, 0.5) is 0 Å². The Balaban J connectivity index is 1.49. The fourth-order valence-corrected chi connectivity index (χ4v) is 4.20. The molecule has 2 aliphatic rings. The normalized spacial score (nSPS) is 19.1. The molecule has 158 valence electrons. The number of aryl methyl sites for hydroxylation is 1. The highest BCUT2D eigenvalue weighted by Crippen LogP contribution is 2.30. The maximum absolute atomic E-state index is 11.8. The predicted molar refractivity (Wildman–Crippen MR) is 114 cm³/mol. The molecule has 1 saturated heterocycles. The number of carbonyl (C=O) groups excluding carboxylic acids is 1. The first-order valence-corrected chi connectivity index (χ1v) is 10.3. The lowest BCUT2D eigenvalue weighted by molar-refractivity contribution is -0.113. The van der Waals surface area contributed by atoms with Gasteiger partial charge in [-0.1, -0.05) is 11.6 Å². The second-order valence-corrected chi connectivity index (χ2v) is 7.82. The fraction of sp³-hybridized carbons (Fsp3) is 0.429. The number of ether oxygens (including phenoxy) is 1. The second-order valence-electron chi connectivity index (χ2n) is 7.44. The van der Waals surface area contributed by atoms with E-state index in [1.165, 1.54) is 0 Å². The summed E-state index contributed by atoms with van der Waals surface area (Å²) in [6, 6.07) is 3.85. The number of aliphatic imine (C=N–C) groups is 1. The van der Waals surface area contributed by atoms with Crippen molar-refractivity contribution in [2.45, 2.75) is 32.9 Å². The first kappa shape index (κ1) is 20.6. The largest absolute Gasteiger partial charge is 0.472 e. The number of aliphatic hydroxyl groups is 1. The average molecular weight is 430 g/mol. The lowest BCUT2D eigenvalue weighted by atomic mass is 10.1. The number of pyridine rings is 1. The lowest BCUT2D eigenvalue weighted by Crippen LogP contribution is -2.28. The number of aromatic nitrogens is 3. The number of likely N-dealkylation sites (tertiary alicyclic amines) is 1. The molecule has 1 N–H and O–H groups in total. The van der Waals surface area contributed by atoms with E-state index in [2.05, 4.69) is 15.1 Å². The monoisotopic (exact) mass is 429 g/mol. The molecule has 1 atom stereocenters. The molecular weight excluding hydrogens is 406 g/mol.